The van der Waals surface area contributed by atoms with Gasteiger partial charge in [-0.2, -0.15) is 0 Å². The van der Waals surface area contributed by atoms with Gasteiger partial charge in [0.1, 0.15) is 12.1 Å². The Labute approximate surface area is 213 Å². The van der Waals surface area contributed by atoms with Crippen LogP contribution in [0.5, 0.6) is 0 Å². The molecule has 0 radical (unpaired) electrons. The van der Waals surface area contributed by atoms with Crippen LogP contribution in [0.25, 0.3) is 0 Å². The van der Waals surface area contributed by atoms with Gasteiger partial charge in [0, 0.05) is 26.1 Å². The van der Waals surface area contributed by atoms with E-state index in [4.69, 9.17) is 0 Å². The lowest BCUT2D eigenvalue weighted by molar-refractivity contribution is -0.160. The molecule has 198 valence electrons. The summed E-state index contributed by atoms with van der Waals surface area (Å²) in [6.45, 7) is 8.94. The number of hydrogen-bond acceptors (Lipinski definition) is 6. The zero-order chi connectivity index (χ0) is 26.4. The molecule has 0 saturated carbocycles. The van der Waals surface area contributed by atoms with Crippen molar-refractivity contribution in [2.45, 2.75) is 64.7 Å². The number of hydrogen-bond donors (Lipinski definition) is 3. The van der Waals surface area contributed by atoms with E-state index in [2.05, 4.69) is 16.0 Å². The zero-order valence-electron chi connectivity index (χ0n) is 22.0. The Hall–Kier alpha value is -2.98. The number of likely N-dealkylation sites (N-methyl/N-ethyl adjacent to an activating group) is 1. The molecule has 10 heteroatoms. The van der Waals surface area contributed by atoms with E-state index in [0.717, 1.165) is 5.56 Å². The standard InChI is InChI=1S/C26H40N6O4/c1-17(2)15-23(33)29-21-16-30(25(35)19(4)27-5)13-14-31-12-11-22(32(31)26(21)36)24(34)28-18(3)20-9-7-6-8-10-20/h6-10,17-19,21-22,27H,11-16H2,1-5H3,(H,28,34)(H,29,33)/t18?,19-,21+,22+/m1/s1. The Balaban J connectivity index is 1.81. The van der Waals surface area contributed by atoms with Crippen molar-refractivity contribution in [1.29, 1.82) is 0 Å². The molecule has 0 spiro atoms. The van der Waals surface area contributed by atoms with Crippen molar-refractivity contribution in [2.75, 3.05) is 33.2 Å². The summed E-state index contributed by atoms with van der Waals surface area (Å²) >= 11 is 0. The lowest BCUT2D eigenvalue weighted by Crippen LogP contribution is -2.64. The average Bonchev–Trinajstić information content (AvgIpc) is 3.27. The summed E-state index contributed by atoms with van der Waals surface area (Å²) in [5.74, 6) is -0.857. The van der Waals surface area contributed by atoms with Gasteiger partial charge in [0.15, 0.2) is 0 Å². The van der Waals surface area contributed by atoms with Gasteiger partial charge in [0.25, 0.3) is 5.91 Å². The molecule has 0 bridgehead atoms. The molecule has 3 rings (SSSR count). The second-order valence-electron chi connectivity index (χ2n) is 10.1. The number of nitrogens with zero attached hydrogens (tertiary/aromatic N) is 3. The van der Waals surface area contributed by atoms with Crippen LogP contribution in [0, 0.1) is 5.92 Å². The Morgan fingerprint density at radius 3 is 2.36 bits per heavy atom. The highest BCUT2D eigenvalue weighted by molar-refractivity contribution is 5.93. The molecule has 36 heavy (non-hydrogen) atoms. The quantitative estimate of drug-likeness (QED) is 0.483. The molecule has 0 aliphatic carbocycles. The monoisotopic (exact) mass is 500 g/mol. The molecule has 0 aromatic heterocycles. The number of nitrogens with one attached hydrogen (secondary N) is 3. The molecule has 2 heterocycles. The minimum atomic E-state index is -0.938. The van der Waals surface area contributed by atoms with Gasteiger partial charge in [-0.05, 0) is 38.8 Å². The van der Waals surface area contributed by atoms with Crippen LogP contribution >= 0.6 is 0 Å². The highest BCUT2D eigenvalue weighted by atomic mass is 16.2. The molecule has 10 nitrogen and oxygen atoms in total. The van der Waals surface area contributed by atoms with Gasteiger partial charge in [0.2, 0.25) is 17.7 Å². The van der Waals surface area contributed by atoms with E-state index >= 15 is 0 Å². The summed E-state index contributed by atoms with van der Waals surface area (Å²) in [6.07, 6.45) is 0.749. The Bertz CT molecular complexity index is 940. The van der Waals surface area contributed by atoms with E-state index < -0.39 is 18.1 Å². The normalized spacial score (nSPS) is 22.4. The third-order valence-corrected chi connectivity index (χ3v) is 6.82. The Morgan fingerprint density at radius 2 is 1.72 bits per heavy atom. The first-order valence-corrected chi connectivity index (χ1v) is 12.8. The van der Waals surface area contributed by atoms with Gasteiger partial charge in [0.05, 0.1) is 18.6 Å². The van der Waals surface area contributed by atoms with Gasteiger partial charge in [-0.15, -0.1) is 0 Å². The highest BCUT2D eigenvalue weighted by Gasteiger charge is 2.45. The molecular formula is C26H40N6O4. The van der Waals surface area contributed by atoms with Crippen LogP contribution in [0.4, 0.5) is 0 Å². The number of carbonyl (C=O) groups is 4. The molecule has 1 aromatic rings. The van der Waals surface area contributed by atoms with Crippen LogP contribution in [-0.4, -0.2) is 89.9 Å². The third kappa shape index (κ3) is 6.61. The number of hydrazine groups is 1. The molecule has 4 atom stereocenters. The topological polar surface area (TPSA) is 114 Å². The maximum atomic E-state index is 13.8. The van der Waals surface area contributed by atoms with Gasteiger partial charge in [-0.1, -0.05) is 44.2 Å². The van der Waals surface area contributed by atoms with Crippen LogP contribution in [0.3, 0.4) is 0 Å². The van der Waals surface area contributed by atoms with Gasteiger partial charge in [-0.3, -0.25) is 24.2 Å². The van der Waals surface area contributed by atoms with Crippen molar-refractivity contribution >= 4 is 23.6 Å². The summed E-state index contributed by atoms with van der Waals surface area (Å²) in [7, 11) is 1.71. The second kappa shape index (κ2) is 12.3. The van der Waals surface area contributed by atoms with E-state index in [0.29, 0.717) is 26.1 Å². The van der Waals surface area contributed by atoms with Crippen LogP contribution in [0.2, 0.25) is 0 Å². The molecular weight excluding hydrogens is 460 g/mol. The van der Waals surface area contributed by atoms with E-state index in [9.17, 15) is 19.2 Å². The van der Waals surface area contributed by atoms with Crippen molar-refractivity contribution < 1.29 is 19.2 Å². The molecule has 2 aliphatic rings. The molecule has 2 saturated heterocycles. The number of fused-ring (bicyclic) bond motifs is 1. The SMILES string of the molecule is CN[C@H](C)C(=O)N1CCN2CC[C@@H](C(=O)NC(C)c3ccccc3)N2C(=O)[C@@H](NC(=O)CC(C)C)C1. The lowest BCUT2D eigenvalue weighted by Gasteiger charge is -2.40. The van der Waals surface area contributed by atoms with E-state index in [-0.39, 0.29) is 48.6 Å². The van der Waals surface area contributed by atoms with Crippen molar-refractivity contribution in [1.82, 2.24) is 30.9 Å². The second-order valence-corrected chi connectivity index (χ2v) is 10.1. The van der Waals surface area contributed by atoms with Crippen LogP contribution in [0.15, 0.2) is 30.3 Å². The molecule has 3 N–H and O–H groups in total. The van der Waals surface area contributed by atoms with Crippen molar-refractivity contribution in [3.8, 4) is 0 Å². The molecule has 1 aromatic carbocycles. The maximum Gasteiger partial charge on any atom is 0.262 e. The number of rotatable bonds is 8. The number of amides is 4. The number of carbonyl (C=O) groups excluding carboxylic acids is 4. The fourth-order valence-electron chi connectivity index (χ4n) is 4.70. The zero-order valence-corrected chi connectivity index (χ0v) is 22.0. The first-order valence-electron chi connectivity index (χ1n) is 12.8. The van der Waals surface area contributed by atoms with E-state index in [1.165, 1.54) is 5.01 Å². The van der Waals surface area contributed by atoms with Crippen molar-refractivity contribution in [3.05, 3.63) is 35.9 Å². The lowest BCUT2D eigenvalue weighted by atomic mass is 10.1. The van der Waals surface area contributed by atoms with Gasteiger partial charge in [-0.25, -0.2) is 5.01 Å². The van der Waals surface area contributed by atoms with Crippen LogP contribution in [-0.2, 0) is 19.2 Å². The number of benzene rings is 1. The predicted molar refractivity (Wildman–Crippen MR) is 136 cm³/mol. The first kappa shape index (κ1) is 27.6. The van der Waals surface area contributed by atoms with Crippen LogP contribution in [0.1, 0.15) is 52.1 Å². The Morgan fingerprint density at radius 1 is 1.03 bits per heavy atom. The molecule has 1 unspecified atom stereocenters. The largest absolute Gasteiger partial charge is 0.348 e. The van der Waals surface area contributed by atoms with Crippen LogP contribution < -0.4 is 16.0 Å². The summed E-state index contributed by atoms with van der Waals surface area (Å²) in [6, 6.07) is 7.42. The molecule has 2 fully saturated rings. The summed E-state index contributed by atoms with van der Waals surface area (Å²) in [5.41, 5.74) is 0.978. The highest BCUT2D eigenvalue weighted by Crippen LogP contribution is 2.23. The fourth-order valence-corrected chi connectivity index (χ4v) is 4.70. The van der Waals surface area contributed by atoms with E-state index in [1.807, 2.05) is 56.1 Å². The van der Waals surface area contributed by atoms with Gasteiger partial charge < -0.3 is 20.9 Å². The van der Waals surface area contributed by atoms with Crippen molar-refractivity contribution in [3.63, 3.8) is 0 Å². The predicted octanol–water partition coefficient (Wildman–Crippen LogP) is 0.663. The summed E-state index contributed by atoms with van der Waals surface area (Å²) in [4.78, 5) is 54.4. The third-order valence-electron chi connectivity index (χ3n) is 6.82. The Kier molecular flexibility index (Phi) is 9.44. The minimum absolute atomic E-state index is 0.0621. The average molecular weight is 501 g/mol. The maximum absolute atomic E-state index is 13.8. The minimum Gasteiger partial charge on any atom is -0.348 e. The fraction of sp³-hybridized carbons (Fsp3) is 0.615. The van der Waals surface area contributed by atoms with Crippen molar-refractivity contribution in [2.24, 2.45) is 5.92 Å². The smallest absolute Gasteiger partial charge is 0.262 e. The summed E-state index contributed by atoms with van der Waals surface area (Å²) < 4.78 is 0. The first-order chi connectivity index (χ1) is 17.1. The summed E-state index contributed by atoms with van der Waals surface area (Å²) in [5, 5.41) is 12.2. The molecule has 4 amide bonds. The molecule has 2 aliphatic heterocycles. The van der Waals surface area contributed by atoms with Gasteiger partial charge >= 0.3 is 0 Å². The van der Waals surface area contributed by atoms with E-state index in [1.54, 1.807) is 18.9 Å².